The number of nitrogens with zero attached hydrogens (tertiary/aromatic N) is 4. The van der Waals surface area contributed by atoms with E-state index in [9.17, 15) is 14.2 Å². The summed E-state index contributed by atoms with van der Waals surface area (Å²) in [5.41, 5.74) is -0.0734. The lowest BCUT2D eigenvalue weighted by Gasteiger charge is -2.15. The zero-order valence-corrected chi connectivity index (χ0v) is 18.5. The van der Waals surface area contributed by atoms with Crippen LogP contribution in [0.25, 0.3) is 11.2 Å². The van der Waals surface area contributed by atoms with Gasteiger partial charge >= 0.3 is 13.3 Å². The van der Waals surface area contributed by atoms with Crippen molar-refractivity contribution in [2.24, 2.45) is 7.05 Å². The molecule has 0 amide bonds. The first-order valence-corrected chi connectivity index (χ1v) is 11.7. The molecule has 2 rings (SSSR count). The number of hydrogen-bond donors (Lipinski definition) is 0. The predicted molar refractivity (Wildman–Crippen MR) is 110 cm³/mol. The summed E-state index contributed by atoms with van der Waals surface area (Å²) in [6.07, 6.45) is 3.85. The number of aromatic nitrogens is 4. The molecule has 2 aromatic heterocycles. The quantitative estimate of drug-likeness (QED) is 0.355. The average molecular weight is 430 g/mol. The molecule has 0 spiro atoms. The number of imidazole rings is 1. The summed E-state index contributed by atoms with van der Waals surface area (Å²) in [7, 11) is -1.39. The Morgan fingerprint density at radius 3 is 2.48 bits per heavy atom. The van der Waals surface area contributed by atoms with E-state index in [-0.39, 0.29) is 18.8 Å². The molecular weight excluding hydrogens is 399 g/mol. The topological polar surface area (TPSA) is 107 Å². The molecule has 0 saturated heterocycles. The standard InChI is InChI=1S/C18H31N4O6P/c1-5-26-14-21-13-19-16-15(21)17(23)22(18(24)20(16)4)11-9-8-10-12-28-29(25,7-3)27-6-2/h13H,5-12,14H2,1-4H3. The minimum absolute atomic E-state index is 0.203. The fourth-order valence-electron chi connectivity index (χ4n) is 2.98. The highest BCUT2D eigenvalue weighted by Gasteiger charge is 2.20. The van der Waals surface area contributed by atoms with E-state index in [1.54, 1.807) is 25.5 Å². The average Bonchev–Trinajstić information content (AvgIpc) is 3.14. The molecule has 0 aliphatic carbocycles. The van der Waals surface area contributed by atoms with Gasteiger partial charge in [-0.15, -0.1) is 0 Å². The summed E-state index contributed by atoms with van der Waals surface area (Å²) in [6, 6.07) is 0. The van der Waals surface area contributed by atoms with Crippen molar-refractivity contribution in [1.82, 2.24) is 18.7 Å². The lowest BCUT2D eigenvalue weighted by Crippen LogP contribution is -2.39. The minimum atomic E-state index is -2.99. The second-order valence-electron chi connectivity index (χ2n) is 6.55. The van der Waals surface area contributed by atoms with Crippen LogP contribution < -0.4 is 11.2 Å². The molecule has 11 heteroatoms. The van der Waals surface area contributed by atoms with Gasteiger partial charge in [0.25, 0.3) is 5.56 Å². The monoisotopic (exact) mass is 430 g/mol. The van der Waals surface area contributed by atoms with Gasteiger partial charge in [-0.1, -0.05) is 6.92 Å². The van der Waals surface area contributed by atoms with Crippen molar-refractivity contribution in [3.05, 3.63) is 27.2 Å². The van der Waals surface area contributed by atoms with Gasteiger partial charge in [-0.05, 0) is 33.1 Å². The lowest BCUT2D eigenvalue weighted by molar-refractivity contribution is 0.0903. The zero-order chi connectivity index (χ0) is 21.4. The first-order valence-electron chi connectivity index (χ1n) is 9.99. The molecule has 0 aliphatic heterocycles. The van der Waals surface area contributed by atoms with E-state index in [2.05, 4.69) is 4.98 Å². The van der Waals surface area contributed by atoms with Crippen molar-refractivity contribution < 1.29 is 18.3 Å². The first-order chi connectivity index (χ1) is 13.9. The maximum atomic E-state index is 12.9. The number of unbranched alkanes of at least 4 members (excludes halogenated alkanes) is 2. The van der Waals surface area contributed by atoms with Crippen LogP contribution in [0.15, 0.2) is 15.9 Å². The third kappa shape index (κ3) is 5.66. The van der Waals surface area contributed by atoms with Crippen molar-refractivity contribution >= 4 is 18.8 Å². The van der Waals surface area contributed by atoms with Gasteiger partial charge in [-0.25, -0.2) is 9.78 Å². The van der Waals surface area contributed by atoms with Crippen LogP contribution in [0.2, 0.25) is 0 Å². The molecule has 0 aliphatic rings. The van der Waals surface area contributed by atoms with Crippen LogP contribution in [0.1, 0.15) is 40.0 Å². The molecule has 0 saturated carbocycles. The second-order valence-corrected chi connectivity index (χ2v) is 8.92. The van der Waals surface area contributed by atoms with Gasteiger partial charge in [0.15, 0.2) is 11.2 Å². The van der Waals surface area contributed by atoms with Crippen molar-refractivity contribution in [2.45, 2.75) is 53.3 Å². The normalized spacial score (nSPS) is 13.8. The summed E-state index contributed by atoms with van der Waals surface area (Å²) in [5, 5.41) is 0. The van der Waals surface area contributed by atoms with Gasteiger partial charge < -0.3 is 18.4 Å². The fraction of sp³-hybridized carbons (Fsp3) is 0.722. The number of rotatable bonds is 13. The maximum absolute atomic E-state index is 12.9. The van der Waals surface area contributed by atoms with E-state index < -0.39 is 13.3 Å². The maximum Gasteiger partial charge on any atom is 0.332 e. The van der Waals surface area contributed by atoms with E-state index in [0.29, 0.717) is 50.0 Å². The summed E-state index contributed by atoms with van der Waals surface area (Å²) in [4.78, 5) is 29.6. The lowest BCUT2D eigenvalue weighted by atomic mass is 10.2. The fourth-order valence-corrected chi connectivity index (χ4v) is 4.22. The Morgan fingerprint density at radius 1 is 1.07 bits per heavy atom. The van der Waals surface area contributed by atoms with Crippen molar-refractivity contribution in [1.29, 1.82) is 0 Å². The van der Waals surface area contributed by atoms with Crippen LogP contribution in [0, 0.1) is 0 Å². The van der Waals surface area contributed by atoms with E-state index in [1.807, 2.05) is 6.92 Å². The van der Waals surface area contributed by atoms with Gasteiger partial charge in [-0.3, -0.25) is 18.5 Å². The Hall–Kier alpha value is -1.74. The summed E-state index contributed by atoms with van der Waals surface area (Å²) >= 11 is 0. The Balaban J connectivity index is 2.02. The second kappa shape index (κ2) is 10.9. The molecule has 0 N–H and O–H groups in total. The molecule has 1 atom stereocenters. The van der Waals surface area contributed by atoms with Crippen LogP contribution >= 0.6 is 7.60 Å². The summed E-state index contributed by atoms with van der Waals surface area (Å²) in [5.74, 6) is 0. The third-order valence-corrected chi connectivity index (χ3v) is 6.57. The first kappa shape index (κ1) is 23.5. The van der Waals surface area contributed by atoms with Gasteiger partial charge in [0.05, 0.1) is 19.5 Å². The van der Waals surface area contributed by atoms with Gasteiger partial charge in [-0.2, -0.15) is 0 Å². The van der Waals surface area contributed by atoms with Crippen LogP contribution in [-0.2, 0) is 38.7 Å². The summed E-state index contributed by atoms with van der Waals surface area (Å²) in [6.45, 7) is 7.08. The molecule has 2 aromatic rings. The Morgan fingerprint density at radius 2 is 1.83 bits per heavy atom. The molecule has 29 heavy (non-hydrogen) atoms. The van der Waals surface area contributed by atoms with E-state index in [0.717, 1.165) is 6.42 Å². The number of ether oxygens (including phenoxy) is 1. The highest BCUT2D eigenvalue weighted by molar-refractivity contribution is 7.53. The highest BCUT2D eigenvalue weighted by atomic mass is 31.2. The van der Waals surface area contributed by atoms with E-state index >= 15 is 0 Å². The van der Waals surface area contributed by atoms with Gasteiger partial charge in [0.1, 0.15) is 6.73 Å². The largest absolute Gasteiger partial charge is 0.361 e. The Kier molecular flexibility index (Phi) is 8.82. The van der Waals surface area contributed by atoms with Crippen LogP contribution in [0.3, 0.4) is 0 Å². The molecule has 0 bridgehead atoms. The number of aryl methyl sites for hydroxylation is 1. The zero-order valence-electron chi connectivity index (χ0n) is 17.6. The molecule has 0 radical (unpaired) electrons. The van der Waals surface area contributed by atoms with Gasteiger partial charge in [0, 0.05) is 26.4 Å². The smallest absolute Gasteiger partial charge is 0.332 e. The Bertz CT molecular complexity index is 964. The van der Waals surface area contributed by atoms with Gasteiger partial charge in [0.2, 0.25) is 0 Å². The SMILES string of the molecule is CCOCn1cnc2c1c(=O)n(CCCCCOP(=O)(CC)OCC)c(=O)n2C. The number of fused-ring (bicyclic) bond motifs is 1. The van der Waals surface area contributed by atoms with E-state index in [4.69, 9.17) is 13.8 Å². The van der Waals surface area contributed by atoms with Crippen molar-refractivity contribution in [3.8, 4) is 0 Å². The molecule has 10 nitrogen and oxygen atoms in total. The third-order valence-electron chi connectivity index (χ3n) is 4.56. The van der Waals surface area contributed by atoms with Crippen LogP contribution in [0.5, 0.6) is 0 Å². The minimum Gasteiger partial charge on any atom is -0.361 e. The van der Waals surface area contributed by atoms with E-state index in [1.165, 1.54) is 15.5 Å². The van der Waals surface area contributed by atoms with Crippen molar-refractivity contribution in [3.63, 3.8) is 0 Å². The molecule has 0 aromatic carbocycles. The molecule has 0 fully saturated rings. The Labute approximate surface area is 169 Å². The number of hydrogen-bond acceptors (Lipinski definition) is 7. The molecule has 1 unspecified atom stereocenters. The van der Waals surface area contributed by atoms with Crippen LogP contribution in [0.4, 0.5) is 0 Å². The molecule has 164 valence electrons. The van der Waals surface area contributed by atoms with Crippen molar-refractivity contribution in [2.75, 3.05) is 26.0 Å². The molecule has 2 heterocycles. The summed E-state index contributed by atoms with van der Waals surface area (Å²) < 4.78 is 32.4. The highest BCUT2D eigenvalue weighted by Crippen LogP contribution is 2.47. The molecular formula is C18H31N4O6P. The van der Waals surface area contributed by atoms with Crippen LogP contribution in [-0.4, -0.2) is 44.7 Å². The predicted octanol–water partition coefficient (Wildman–Crippen LogP) is 2.33.